The smallest absolute Gasteiger partial charge is 0.490 e. The second kappa shape index (κ2) is 14.0. The summed E-state index contributed by atoms with van der Waals surface area (Å²) in [5, 5.41) is 16.6. The summed E-state index contributed by atoms with van der Waals surface area (Å²) >= 11 is 6.33. The van der Waals surface area contributed by atoms with Crippen molar-refractivity contribution >= 4 is 40.5 Å². The molecule has 1 aliphatic rings. The second-order valence-corrected chi connectivity index (χ2v) is 11.2. The molecule has 0 saturated heterocycles. The normalized spacial score (nSPS) is 19.5. The van der Waals surface area contributed by atoms with Crippen LogP contribution in [0.2, 0.25) is 5.28 Å². The van der Waals surface area contributed by atoms with Gasteiger partial charge in [0.05, 0.1) is 32.6 Å². The van der Waals surface area contributed by atoms with Gasteiger partial charge in [-0.25, -0.2) is 9.78 Å². The Balaban J connectivity index is 1.48. The van der Waals surface area contributed by atoms with Crippen molar-refractivity contribution in [3.8, 4) is 11.5 Å². The molecule has 2 heterocycles. The third-order valence-corrected chi connectivity index (χ3v) is 8.20. The summed E-state index contributed by atoms with van der Waals surface area (Å²) in [5.41, 5.74) is 2.26. The van der Waals surface area contributed by atoms with Gasteiger partial charge in [-0.2, -0.15) is 23.1 Å². The highest BCUT2D eigenvalue weighted by molar-refractivity contribution is 6.28. The van der Waals surface area contributed by atoms with Gasteiger partial charge in [0.1, 0.15) is 17.6 Å². The lowest BCUT2D eigenvalue weighted by Gasteiger charge is -2.24. The van der Waals surface area contributed by atoms with Crippen LogP contribution in [0.4, 0.5) is 19.0 Å². The Kier molecular flexibility index (Phi) is 10.1. The van der Waals surface area contributed by atoms with Gasteiger partial charge < -0.3 is 34.5 Å². The molecule has 2 aromatic heterocycles. The van der Waals surface area contributed by atoms with Gasteiger partial charge in [0.2, 0.25) is 11.2 Å². The van der Waals surface area contributed by atoms with Crippen LogP contribution in [-0.2, 0) is 14.3 Å². The third kappa shape index (κ3) is 7.36. The monoisotopic (exact) mass is 676 g/mol. The van der Waals surface area contributed by atoms with Crippen LogP contribution in [0.1, 0.15) is 42.9 Å². The Labute approximate surface area is 272 Å². The van der Waals surface area contributed by atoms with Crippen molar-refractivity contribution in [3.63, 3.8) is 0 Å². The number of imidazole rings is 1. The van der Waals surface area contributed by atoms with Gasteiger partial charge in [0.15, 0.2) is 23.1 Å². The largest absolute Gasteiger partial charge is 0.497 e. The predicted molar refractivity (Wildman–Crippen MR) is 164 cm³/mol. The van der Waals surface area contributed by atoms with E-state index in [2.05, 4.69) is 25.6 Å². The number of carbonyl (C=O) groups excluding carboxylic acids is 2. The molecule has 1 aliphatic carbocycles. The van der Waals surface area contributed by atoms with Gasteiger partial charge in [0.25, 0.3) is 0 Å². The third-order valence-electron chi connectivity index (χ3n) is 8.03. The summed E-state index contributed by atoms with van der Waals surface area (Å²) in [4.78, 5) is 37.0. The number of alkyl halides is 3. The van der Waals surface area contributed by atoms with Crippen LogP contribution in [-0.4, -0.2) is 81.7 Å². The van der Waals surface area contributed by atoms with Gasteiger partial charge in [-0.15, -0.1) is 0 Å². The average molecular weight is 677 g/mol. The number of esters is 1. The van der Waals surface area contributed by atoms with Gasteiger partial charge in [-0.05, 0) is 53.4 Å². The highest BCUT2D eigenvalue weighted by Gasteiger charge is 2.51. The number of methoxy groups -OCH3 is 2. The highest BCUT2D eigenvalue weighted by atomic mass is 35.5. The van der Waals surface area contributed by atoms with E-state index in [0.29, 0.717) is 18.0 Å². The molecule has 47 heavy (non-hydrogen) atoms. The SMILES string of the molecule is CCC(=O)N[C@H]1C[C@@H](n2cnc3c(NCC(c4ccc(OC)cc4)c4ccc(OC)cc4)nc(Cl)nc32)[C@H](OC(=O)C(F)(F)F)[C@@H]1O. The number of ether oxygens (including phenoxy) is 3. The maximum absolute atomic E-state index is 13.2. The van der Waals surface area contributed by atoms with E-state index in [0.717, 1.165) is 11.1 Å². The number of aromatic nitrogens is 4. The fourth-order valence-corrected chi connectivity index (χ4v) is 5.77. The van der Waals surface area contributed by atoms with Crippen molar-refractivity contribution in [2.24, 2.45) is 0 Å². The minimum Gasteiger partial charge on any atom is -0.497 e. The number of rotatable bonds is 11. The zero-order valence-corrected chi connectivity index (χ0v) is 26.2. The van der Waals surface area contributed by atoms with Gasteiger partial charge >= 0.3 is 12.1 Å². The van der Waals surface area contributed by atoms with Crippen molar-refractivity contribution in [1.82, 2.24) is 24.8 Å². The zero-order chi connectivity index (χ0) is 33.9. The summed E-state index contributed by atoms with van der Waals surface area (Å²) in [7, 11) is 3.16. The molecular formula is C31H32ClF3N6O6. The molecule has 4 atom stereocenters. The Bertz CT molecular complexity index is 1670. The van der Waals surface area contributed by atoms with E-state index in [1.54, 1.807) is 21.1 Å². The number of nitrogens with zero attached hydrogens (tertiary/aromatic N) is 4. The molecule has 0 aliphatic heterocycles. The molecule has 250 valence electrons. The number of aliphatic hydroxyl groups excluding tert-OH is 1. The van der Waals surface area contributed by atoms with Crippen molar-refractivity contribution in [1.29, 1.82) is 0 Å². The van der Waals surface area contributed by atoms with Crippen LogP contribution < -0.4 is 20.1 Å². The number of aliphatic hydroxyl groups is 1. The summed E-state index contributed by atoms with van der Waals surface area (Å²) < 4.78 is 56.3. The number of carbonyl (C=O) groups is 2. The van der Waals surface area contributed by atoms with Crippen LogP contribution in [0, 0.1) is 0 Å². The summed E-state index contributed by atoms with van der Waals surface area (Å²) in [6, 6.07) is 13.0. The maximum Gasteiger partial charge on any atom is 0.490 e. The molecule has 3 N–H and O–H groups in total. The van der Waals surface area contributed by atoms with Gasteiger partial charge in [-0.1, -0.05) is 31.2 Å². The van der Waals surface area contributed by atoms with E-state index in [1.165, 1.54) is 10.9 Å². The number of fused-ring (bicyclic) bond motifs is 1. The molecule has 16 heteroatoms. The predicted octanol–water partition coefficient (Wildman–Crippen LogP) is 4.42. The summed E-state index contributed by atoms with van der Waals surface area (Å²) in [5.74, 6) is -1.49. The van der Waals surface area contributed by atoms with Crippen molar-refractivity contribution < 1.29 is 42.1 Å². The van der Waals surface area contributed by atoms with Crippen molar-refractivity contribution in [3.05, 3.63) is 71.3 Å². The second-order valence-electron chi connectivity index (χ2n) is 10.8. The van der Waals surface area contributed by atoms with Gasteiger partial charge in [-0.3, -0.25) is 4.79 Å². The molecular weight excluding hydrogens is 645 g/mol. The number of hydrogen-bond acceptors (Lipinski definition) is 10. The van der Waals surface area contributed by atoms with E-state index in [-0.39, 0.29) is 41.0 Å². The van der Waals surface area contributed by atoms with E-state index < -0.39 is 42.3 Å². The van der Waals surface area contributed by atoms with E-state index in [9.17, 15) is 27.9 Å². The van der Waals surface area contributed by atoms with Crippen LogP contribution in [0.15, 0.2) is 54.9 Å². The molecule has 2 aromatic carbocycles. The highest BCUT2D eigenvalue weighted by Crippen LogP contribution is 2.38. The lowest BCUT2D eigenvalue weighted by atomic mass is 9.91. The molecule has 1 fully saturated rings. The lowest BCUT2D eigenvalue weighted by Crippen LogP contribution is -2.45. The minimum atomic E-state index is -5.31. The van der Waals surface area contributed by atoms with Crippen LogP contribution in [0.25, 0.3) is 11.2 Å². The maximum atomic E-state index is 13.2. The lowest BCUT2D eigenvalue weighted by molar-refractivity contribution is -0.209. The van der Waals surface area contributed by atoms with E-state index in [1.807, 2.05) is 48.5 Å². The number of nitrogens with one attached hydrogen (secondary N) is 2. The average Bonchev–Trinajstić information content (AvgIpc) is 3.61. The Morgan fingerprint density at radius 3 is 2.17 bits per heavy atom. The zero-order valence-electron chi connectivity index (χ0n) is 25.5. The molecule has 0 spiro atoms. The topological polar surface area (TPSA) is 150 Å². The summed E-state index contributed by atoms with van der Waals surface area (Å²) in [6.07, 6.45) is -7.37. The first-order valence-electron chi connectivity index (χ1n) is 14.6. The number of benzene rings is 2. The number of amides is 1. The Morgan fingerprint density at radius 1 is 1.04 bits per heavy atom. The van der Waals surface area contributed by atoms with Crippen LogP contribution in [0.5, 0.6) is 11.5 Å². The van der Waals surface area contributed by atoms with Crippen LogP contribution in [0.3, 0.4) is 0 Å². The van der Waals surface area contributed by atoms with Crippen molar-refractivity contribution in [2.45, 2.75) is 56.2 Å². The molecule has 1 amide bonds. The van der Waals surface area contributed by atoms with Crippen LogP contribution >= 0.6 is 11.6 Å². The number of halogens is 4. The number of hydrogen-bond donors (Lipinski definition) is 3. The standard InChI is InChI=1S/C31H32ClF3N6O6/c1-4-23(42)38-21-13-22(26(25(21)43)47-29(44)31(33,34)35)41-15-37-24-27(39-30(32)40-28(24)41)36-14-20(16-5-9-18(45-2)10-6-16)17-7-11-19(46-3)12-8-17/h5-12,15,20-22,25-26,43H,4,13-14H2,1-3H3,(H,38,42)(H,36,39,40)/t21-,22+,25+,26-/m0/s1. The molecule has 4 aromatic rings. The van der Waals surface area contributed by atoms with Crippen molar-refractivity contribution in [2.75, 3.05) is 26.1 Å². The molecule has 12 nitrogen and oxygen atoms in total. The molecule has 0 unspecified atom stereocenters. The summed E-state index contributed by atoms with van der Waals surface area (Å²) in [6.45, 7) is 1.90. The Hall–Kier alpha value is -4.63. The first-order valence-corrected chi connectivity index (χ1v) is 15.0. The quantitative estimate of drug-likeness (QED) is 0.154. The fourth-order valence-electron chi connectivity index (χ4n) is 5.61. The Morgan fingerprint density at radius 2 is 1.64 bits per heavy atom. The number of anilines is 1. The molecule has 1 saturated carbocycles. The van der Waals surface area contributed by atoms with E-state index >= 15 is 0 Å². The molecule has 0 radical (unpaired) electrons. The first-order chi connectivity index (χ1) is 22.4. The van der Waals surface area contributed by atoms with E-state index in [4.69, 9.17) is 25.8 Å². The molecule has 5 rings (SSSR count). The fraction of sp³-hybridized carbons (Fsp3) is 0.387. The first kappa shape index (κ1) is 33.7. The van der Waals surface area contributed by atoms with Gasteiger partial charge in [0, 0.05) is 18.9 Å². The molecule has 0 bridgehead atoms. The minimum absolute atomic E-state index is 0.0702.